The van der Waals surface area contributed by atoms with Crippen molar-refractivity contribution in [2.75, 3.05) is 13.7 Å². The minimum absolute atomic E-state index is 0.124. The number of nitrogens with zero attached hydrogens (tertiary/aromatic N) is 1. The van der Waals surface area contributed by atoms with Crippen LogP contribution < -0.4 is 10.6 Å². The second kappa shape index (κ2) is 13.1. The van der Waals surface area contributed by atoms with Crippen molar-refractivity contribution in [3.8, 4) is 0 Å². The first-order valence-corrected chi connectivity index (χ1v) is 11.9. The van der Waals surface area contributed by atoms with Gasteiger partial charge in [0.1, 0.15) is 18.2 Å². The Labute approximate surface area is 201 Å². The first-order chi connectivity index (χ1) is 16.2. The summed E-state index contributed by atoms with van der Waals surface area (Å²) >= 11 is 0. The molecule has 0 saturated carbocycles. The molecule has 188 valence electrons. The van der Waals surface area contributed by atoms with Gasteiger partial charge >= 0.3 is 5.97 Å². The number of amides is 3. The van der Waals surface area contributed by atoms with E-state index in [9.17, 15) is 24.3 Å². The van der Waals surface area contributed by atoms with Gasteiger partial charge in [-0.05, 0) is 24.8 Å². The molecule has 0 aromatic heterocycles. The number of aliphatic hydroxyl groups excluding tert-OH is 1. The van der Waals surface area contributed by atoms with Gasteiger partial charge in [-0.1, -0.05) is 57.0 Å². The van der Waals surface area contributed by atoms with E-state index in [0.29, 0.717) is 0 Å². The molecule has 0 spiro atoms. The lowest BCUT2D eigenvalue weighted by Gasteiger charge is -2.30. The number of nitrogens with one attached hydrogen (secondary N) is 2. The van der Waals surface area contributed by atoms with Gasteiger partial charge in [0.2, 0.25) is 17.7 Å². The van der Waals surface area contributed by atoms with Crippen molar-refractivity contribution in [2.45, 2.75) is 77.1 Å². The highest BCUT2D eigenvalue weighted by molar-refractivity contribution is 5.94. The molecule has 3 N–H and O–H groups in total. The highest BCUT2D eigenvalue weighted by Crippen LogP contribution is 2.20. The lowest BCUT2D eigenvalue weighted by Crippen LogP contribution is -2.55. The number of cyclic esters (lactones) is 1. The third kappa shape index (κ3) is 7.55. The van der Waals surface area contributed by atoms with Gasteiger partial charge in [0.05, 0.1) is 13.0 Å². The van der Waals surface area contributed by atoms with Crippen molar-refractivity contribution in [3.63, 3.8) is 0 Å². The van der Waals surface area contributed by atoms with Gasteiger partial charge < -0.3 is 25.4 Å². The van der Waals surface area contributed by atoms with Gasteiger partial charge in [0, 0.05) is 13.5 Å². The fourth-order valence-corrected chi connectivity index (χ4v) is 3.98. The summed E-state index contributed by atoms with van der Waals surface area (Å²) in [6, 6.07) is 6.12. The Morgan fingerprint density at radius 1 is 1.15 bits per heavy atom. The maximum Gasteiger partial charge on any atom is 0.331 e. The molecule has 0 bridgehead atoms. The van der Waals surface area contributed by atoms with Crippen LogP contribution >= 0.6 is 0 Å². The highest BCUT2D eigenvalue weighted by atomic mass is 16.5. The van der Waals surface area contributed by atoms with Crippen molar-refractivity contribution in [2.24, 2.45) is 5.92 Å². The molecule has 0 radical (unpaired) electrons. The SMILES string of the molecule is CCCC[C@H](C)[C@H]1CC(=O)N[C@@H](Cc2ccccc2)C(=O)N[C@@H](C)C(=O)N(C)[C@@H](CO)C(=O)O1. The predicted octanol–water partition coefficient (Wildman–Crippen LogP) is 1.18. The maximum absolute atomic E-state index is 13.1. The van der Waals surface area contributed by atoms with E-state index >= 15 is 0 Å². The van der Waals surface area contributed by atoms with Crippen LogP contribution in [0.3, 0.4) is 0 Å². The second-order valence-electron chi connectivity index (χ2n) is 8.99. The fourth-order valence-electron chi connectivity index (χ4n) is 3.98. The Bertz CT molecular complexity index is 846. The van der Waals surface area contributed by atoms with Gasteiger partial charge in [0.25, 0.3) is 0 Å². The van der Waals surface area contributed by atoms with E-state index in [4.69, 9.17) is 4.74 Å². The number of benzene rings is 1. The summed E-state index contributed by atoms with van der Waals surface area (Å²) < 4.78 is 5.67. The molecule has 9 nitrogen and oxygen atoms in total. The van der Waals surface area contributed by atoms with Crippen LogP contribution in [0.5, 0.6) is 0 Å². The number of hydrogen-bond donors (Lipinski definition) is 3. The molecular weight excluding hydrogens is 438 g/mol. The van der Waals surface area contributed by atoms with Gasteiger partial charge in [-0.25, -0.2) is 4.79 Å². The minimum Gasteiger partial charge on any atom is -0.460 e. The molecule has 0 aliphatic carbocycles. The largest absolute Gasteiger partial charge is 0.460 e. The topological polar surface area (TPSA) is 125 Å². The quantitative estimate of drug-likeness (QED) is 0.509. The molecule has 1 aromatic carbocycles. The number of ether oxygens (including phenoxy) is 1. The Balaban J connectivity index is 2.37. The van der Waals surface area contributed by atoms with Crippen molar-refractivity contribution in [3.05, 3.63) is 35.9 Å². The van der Waals surface area contributed by atoms with E-state index in [1.165, 1.54) is 14.0 Å². The van der Waals surface area contributed by atoms with Gasteiger partial charge in [-0.2, -0.15) is 0 Å². The molecule has 1 saturated heterocycles. The van der Waals surface area contributed by atoms with E-state index in [2.05, 4.69) is 10.6 Å². The third-order valence-corrected chi connectivity index (χ3v) is 6.23. The number of carbonyl (C=O) groups is 4. The zero-order valence-corrected chi connectivity index (χ0v) is 20.5. The van der Waals surface area contributed by atoms with Crippen molar-refractivity contribution in [1.29, 1.82) is 0 Å². The zero-order chi connectivity index (χ0) is 25.3. The van der Waals surface area contributed by atoms with E-state index in [1.54, 1.807) is 0 Å². The minimum atomic E-state index is -1.24. The molecule has 34 heavy (non-hydrogen) atoms. The number of hydrogen-bond acceptors (Lipinski definition) is 6. The normalized spacial score (nSPS) is 25.9. The van der Waals surface area contributed by atoms with E-state index < -0.39 is 54.5 Å². The Hall–Kier alpha value is -2.94. The molecule has 9 heteroatoms. The Morgan fingerprint density at radius 3 is 2.44 bits per heavy atom. The predicted molar refractivity (Wildman–Crippen MR) is 127 cm³/mol. The summed E-state index contributed by atoms with van der Waals surface area (Å²) in [5.41, 5.74) is 0.850. The number of likely N-dealkylation sites (N-methyl/N-ethyl adjacent to an activating group) is 1. The maximum atomic E-state index is 13.1. The molecular formula is C25H37N3O6. The molecule has 0 unspecified atom stereocenters. The molecule has 1 heterocycles. The molecule has 5 atom stereocenters. The lowest BCUT2D eigenvalue weighted by atomic mass is 9.95. The summed E-state index contributed by atoms with van der Waals surface area (Å²) in [5.74, 6) is -2.39. The summed E-state index contributed by atoms with van der Waals surface area (Å²) in [6.45, 7) is 4.80. The first-order valence-electron chi connectivity index (χ1n) is 11.9. The standard InChI is InChI=1S/C25H37N3O6/c1-5-6-10-16(2)21-14-22(30)27-19(13-18-11-8-7-9-12-18)23(31)26-17(3)24(32)28(4)20(15-29)25(33)34-21/h7-9,11-12,16-17,19-21,29H,5-6,10,13-15H2,1-4H3,(H,26,31)(H,27,30)/t16-,17-,19-,20-,21+/m0/s1. The smallest absolute Gasteiger partial charge is 0.331 e. The number of aliphatic hydroxyl groups is 1. The third-order valence-electron chi connectivity index (χ3n) is 6.23. The average Bonchev–Trinajstić information content (AvgIpc) is 2.81. The molecule has 1 aliphatic rings. The van der Waals surface area contributed by atoms with Crippen molar-refractivity contribution in [1.82, 2.24) is 15.5 Å². The highest BCUT2D eigenvalue weighted by Gasteiger charge is 2.36. The lowest BCUT2D eigenvalue weighted by molar-refractivity contribution is -0.164. The van der Waals surface area contributed by atoms with Crippen LogP contribution in [0.2, 0.25) is 0 Å². The average molecular weight is 476 g/mol. The van der Waals surface area contributed by atoms with Crippen LogP contribution in [0.1, 0.15) is 52.0 Å². The summed E-state index contributed by atoms with van der Waals surface area (Å²) in [6.07, 6.45) is 1.95. The monoisotopic (exact) mass is 475 g/mol. The molecule has 3 amide bonds. The van der Waals surface area contributed by atoms with E-state index in [0.717, 1.165) is 29.7 Å². The molecule has 1 aromatic rings. The van der Waals surface area contributed by atoms with Crippen molar-refractivity contribution >= 4 is 23.7 Å². The van der Waals surface area contributed by atoms with Crippen LogP contribution in [0, 0.1) is 5.92 Å². The number of rotatable bonds is 7. The Morgan fingerprint density at radius 2 is 1.82 bits per heavy atom. The van der Waals surface area contributed by atoms with Gasteiger partial charge in [-0.3, -0.25) is 14.4 Å². The van der Waals surface area contributed by atoms with Gasteiger partial charge in [0.15, 0.2) is 6.04 Å². The number of carbonyl (C=O) groups excluding carboxylic acids is 4. The summed E-state index contributed by atoms with van der Waals surface area (Å²) in [4.78, 5) is 52.9. The molecule has 1 fully saturated rings. The molecule has 1 aliphatic heterocycles. The first kappa shape index (κ1) is 27.3. The van der Waals surface area contributed by atoms with Crippen LogP contribution in [0.15, 0.2) is 30.3 Å². The van der Waals surface area contributed by atoms with E-state index in [1.807, 2.05) is 44.2 Å². The van der Waals surface area contributed by atoms with Crippen LogP contribution in [0.25, 0.3) is 0 Å². The second-order valence-corrected chi connectivity index (χ2v) is 8.99. The van der Waals surface area contributed by atoms with Crippen LogP contribution in [0.4, 0.5) is 0 Å². The fraction of sp³-hybridized carbons (Fsp3) is 0.600. The van der Waals surface area contributed by atoms with Crippen molar-refractivity contribution < 1.29 is 29.0 Å². The number of esters is 1. The molecule has 2 rings (SSSR count). The van der Waals surface area contributed by atoms with Crippen LogP contribution in [-0.2, 0) is 30.3 Å². The van der Waals surface area contributed by atoms with Crippen LogP contribution in [-0.4, -0.2) is 71.6 Å². The summed E-state index contributed by atoms with van der Waals surface area (Å²) in [5, 5.41) is 15.2. The number of unbranched alkanes of at least 4 members (excludes halogenated alkanes) is 1. The zero-order valence-electron chi connectivity index (χ0n) is 20.5. The van der Waals surface area contributed by atoms with E-state index in [-0.39, 0.29) is 18.8 Å². The Kier molecular flexibility index (Phi) is 10.5. The summed E-state index contributed by atoms with van der Waals surface area (Å²) in [7, 11) is 1.38. The van der Waals surface area contributed by atoms with Gasteiger partial charge in [-0.15, -0.1) is 0 Å².